The number of halogens is 1. The molecule has 1 fully saturated rings. The van der Waals surface area contributed by atoms with Crippen LogP contribution in [0.25, 0.3) is 6.08 Å². The predicted octanol–water partition coefficient (Wildman–Crippen LogP) is 2.62. The van der Waals surface area contributed by atoms with Gasteiger partial charge >= 0.3 is 0 Å². The Bertz CT molecular complexity index is 527. The molecule has 1 amide bonds. The summed E-state index contributed by atoms with van der Waals surface area (Å²) in [5.41, 5.74) is 1.41. The van der Waals surface area contributed by atoms with Gasteiger partial charge in [0, 0.05) is 10.9 Å². The van der Waals surface area contributed by atoms with Crippen LogP contribution in [0.3, 0.4) is 0 Å². The van der Waals surface area contributed by atoms with Crippen molar-refractivity contribution in [2.45, 2.75) is 12.8 Å². The number of aliphatic imine (C=N–C) groups is 1. The minimum atomic E-state index is -0.109. The standard InChI is InChI=1S/C13H11ClN2O/c14-10-5-1-8(2-6-10)7-11-13(17)16-12(15-11)9-3-4-9/h1-2,5-7,9H,3-4H2,(H,15,16,17)/b11-7+. The van der Waals surface area contributed by atoms with Crippen LogP contribution in [0.4, 0.5) is 0 Å². The summed E-state index contributed by atoms with van der Waals surface area (Å²) >= 11 is 5.80. The third-order valence-corrected chi connectivity index (χ3v) is 3.10. The van der Waals surface area contributed by atoms with Gasteiger partial charge in [0.1, 0.15) is 11.5 Å². The highest BCUT2D eigenvalue weighted by atomic mass is 35.5. The second kappa shape index (κ2) is 4.00. The van der Waals surface area contributed by atoms with Crippen molar-refractivity contribution in [1.82, 2.24) is 5.32 Å². The Hall–Kier alpha value is -1.61. The van der Waals surface area contributed by atoms with E-state index in [1.165, 1.54) is 0 Å². The summed E-state index contributed by atoms with van der Waals surface area (Å²) in [5, 5.41) is 3.50. The summed E-state index contributed by atoms with van der Waals surface area (Å²) in [6.07, 6.45) is 4.04. The lowest BCUT2D eigenvalue weighted by Gasteiger charge is -1.95. The third-order valence-electron chi connectivity index (χ3n) is 2.85. The van der Waals surface area contributed by atoms with Crippen molar-refractivity contribution in [2.75, 3.05) is 0 Å². The molecule has 0 saturated heterocycles. The number of rotatable bonds is 2. The molecule has 1 saturated carbocycles. The molecule has 17 heavy (non-hydrogen) atoms. The molecule has 2 aliphatic rings. The average molecular weight is 247 g/mol. The van der Waals surface area contributed by atoms with Crippen molar-refractivity contribution in [2.24, 2.45) is 10.9 Å². The Morgan fingerprint density at radius 3 is 2.65 bits per heavy atom. The van der Waals surface area contributed by atoms with Crippen molar-refractivity contribution in [1.29, 1.82) is 0 Å². The molecule has 0 atom stereocenters. The Labute approximate surface area is 104 Å². The van der Waals surface area contributed by atoms with Crippen molar-refractivity contribution >= 4 is 29.4 Å². The molecule has 0 radical (unpaired) electrons. The SMILES string of the molecule is O=C1NC(C2CC2)=N/C1=C/c1ccc(Cl)cc1. The molecule has 4 heteroatoms. The van der Waals surface area contributed by atoms with E-state index in [0.29, 0.717) is 16.6 Å². The lowest BCUT2D eigenvalue weighted by molar-refractivity contribution is -0.115. The maximum atomic E-state index is 11.7. The van der Waals surface area contributed by atoms with Gasteiger partial charge in [-0.3, -0.25) is 4.79 Å². The fourth-order valence-corrected chi connectivity index (χ4v) is 1.88. The first kappa shape index (κ1) is 10.5. The van der Waals surface area contributed by atoms with E-state index in [4.69, 9.17) is 11.6 Å². The van der Waals surface area contributed by atoms with Crippen LogP contribution in [-0.4, -0.2) is 11.7 Å². The molecule has 0 unspecified atom stereocenters. The van der Waals surface area contributed by atoms with Gasteiger partial charge in [0.2, 0.25) is 0 Å². The Morgan fingerprint density at radius 2 is 2.00 bits per heavy atom. The molecule has 1 aromatic carbocycles. The van der Waals surface area contributed by atoms with E-state index in [1.54, 1.807) is 18.2 Å². The smallest absolute Gasteiger partial charge is 0.275 e. The highest BCUT2D eigenvalue weighted by Gasteiger charge is 2.33. The normalized spacial score (nSPS) is 21.6. The van der Waals surface area contributed by atoms with Gasteiger partial charge < -0.3 is 5.32 Å². The van der Waals surface area contributed by atoms with Crippen molar-refractivity contribution in [3.63, 3.8) is 0 Å². The Balaban J connectivity index is 1.87. The molecule has 1 heterocycles. The summed E-state index contributed by atoms with van der Waals surface area (Å²) in [7, 11) is 0. The van der Waals surface area contributed by atoms with E-state index in [1.807, 2.05) is 12.1 Å². The highest BCUT2D eigenvalue weighted by molar-refractivity contribution is 6.30. The molecule has 3 rings (SSSR count). The van der Waals surface area contributed by atoms with Gasteiger partial charge in [-0.1, -0.05) is 23.7 Å². The first-order chi connectivity index (χ1) is 8.22. The van der Waals surface area contributed by atoms with Gasteiger partial charge in [-0.25, -0.2) is 4.99 Å². The van der Waals surface area contributed by atoms with Crippen molar-refractivity contribution < 1.29 is 4.79 Å². The molecular formula is C13H11ClN2O. The van der Waals surface area contributed by atoms with Gasteiger partial charge in [0.15, 0.2) is 0 Å². The number of hydrogen-bond acceptors (Lipinski definition) is 2. The molecule has 1 aliphatic carbocycles. The summed E-state index contributed by atoms with van der Waals surface area (Å²) in [5.74, 6) is 1.19. The molecule has 3 nitrogen and oxygen atoms in total. The second-order valence-electron chi connectivity index (χ2n) is 4.31. The predicted molar refractivity (Wildman–Crippen MR) is 67.7 cm³/mol. The first-order valence-corrected chi connectivity index (χ1v) is 5.97. The highest BCUT2D eigenvalue weighted by Crippen LogP contribution is 2.32. The zero-order chi connectivity index (χ0) is 11.8. The summed E-state index contributed by atoms with van der Waals surface area (Å²) in [6, 6.07) is 7.33. The molecule has 0 aromatic heterocycles. The summed E-state index contributed by atoms with van der Waals surface area (Å²) < 4.78 is 0. The van der Waals surface area contributed by atoms with E-state index >= 15 is 0 Å². The maximum Gasteiger partial charge on any atom is 0.275 e. The van der Waals surface area contributed by atoms with Crippen molar-refractivity contribution in [3.8, 4) is 0 Å². The van der Waals surface area contributed by atoms with Crippen LogP contribution in [-0.2, 0) is 4.79 Å². The fourth-order valence-electron chi connectivity index (χ4n) is 1.75. The van der Waals surface area contributed by atoms with Crippen molar-refractivity contribution in [3.05, 3.63) is 40.5 Å². The molecule has 0 spiro atoms. The van der Waals surface area contributed by atoms with E-state index < -0.39 is 0 Å². The number of amidine groups is 1. The van der Waals surface area contributed by atoms with E-state index in [0.717, 1.165) is 24.2 Å². The lowest BCUT2D eigenvalue weighted by atomic mass is 10.2. The molecule has 86 valence electrons. The maximum absolute atomic E-state index is 11.7. The zero-order valence-electron chi connectivity index (χ0n) is 9.11. The minimum Gasteiger partial charge on any atom is -0.308 e. The van der Waals surface area contributed by atoms with Crippen LogP contribution in [0.2, 0.25) is 5.02 Å². The number of carbonyl (C=O) groups is 1. The first-order valence-electron chi connectivity index (χ1n) is 5.59. The molecule has 1 N–H and O–H groups in total. The quantitative estimate of drug-likeness (QED) is 0.801. The number of hydrogen-bond donors (Lipinski definition) is 1. The van der Waals surface area contributed by atoms with Crippen LogP contribution in [0.15, 0.2) is 35.0 Å². The van der Waals surface area contributed by atoms with Gasteiger partial charge in [0.25, 0.3) is 5.91 Å². The van der Waals surface area contributed by atoms with Gasteiger partial charge in [0.05, 0.1) is 0 Å². The van der Waals surface area contributed by atoms with Crippen LogP contribution >= 0.6 is 11.6 Å². The molecule has 1 aromatic rings. The van der Waals surface area contributed by atoms with Crippen LogP contribution in [0.5, 0.6) is 0 Å². The van der Waals surface area contributed by atoms with Gasteiger partial charge in [-0.2, -0.15) is 0 Å². The molecule has 0 bridgehead atoms. The lowest BCUT2D eigenvalue weighted by Crippen LogP contribution is -2.25. The Kier molecular flexibility index (Phi) is 2.48. The number of amides is 1. The minimum absolute atomic E-state index is 0.109. The van der Waals surface area contributed by atoms with Crippen LogP contribution in [0.1, 0.15) is 18.4 Å². The Morgan fingerprint density at radius 1 is 1.29 bits per heavy atom. The van der Waals surface area contributed by atoms with E-state index in [-0.39, 0.29) is 5.91 Å². The average Bonchev–Trinajstić information content (AvgIpc) is 3.09. The zero-order valence-corrected chi connectivity index (χ0v) is 9.87. The van der Waals surface area contributed by atoms with Crippen LogP contribution < -0.4 is 5.32 Å². The summed E-state index contributed by atoms with van der Waals surface area (Å²) in [4.78, 5) is 16.0. The summed E-state index contributed by atoms with van der Waals surface area (Å²) in [6.45, 7) is 0. The van der Waals surface area contributed by atoms with E-state index in [2.05, 4.69) is 10.3 Å². The number of nitrogens with zero attached hydrogens (tertiary/aromatic N) is 1. The molecular weight excluding hydrogens is 236 g/mol. The number of nitrogens with one attached hydrogen (secondary N) is 1. The molecule has 1 aliphatic heterocycles. The van der Waals surface area contributed by atoms with Crippen LogP contribution in [0, 0.1) is 5.92 Å². The fraction of sp³-hybridized carbons (Fsp3) is 0.231. The van der Waals surface area contributed by atoms with E-state index in [9.17, 15) is 4.79 Å². The second-order valence-corrected chi connectivity index (χ2v) is 4.74. The third kappa shape index (κ3) is 2.24. The monoisotopic (exact) mass is 246 g/mol. The van der Waals surface area contributed by atoms with Gasteiger partial charge in [-0.15, -0.1) is 0 Å². The largest absolute Gasteiger partial charge is 0.308 e. The topological polar surface area (TPSA) is 41.5 Å². The number of carbonyl (C=O) groups excluding carboxylic acids is 1. The van der Waals surface area contributed by atoms with Gasteiger partial charge in [-0.05, 0) is 36.6 Å². The number of benzene rings is 1.